The van der Waals surface area contributed by atoms with E-state index in [1.165, 1.54) is 6.42 Å². The highest BCUT2D eigenvalue weighted by atomic mass is 19.3. The molecule has 0 bridgehead atoms. The second-order valence-corrected chi connectivity index (χ2v) is 5.97. The molecule has 0 aromatic rings. The first-order valence-corrected chi connectivity index (χ1v) is 6.57. The Morgan fingerprint density at radius 1 is 1.41 bits per heavy atom. The quantitative estimate of drug-likeness (QED) is 0.805. The van der Waals surface area contributed by atoms with E-state index in [4.69, 9.17) is 0 Å². The number of rotatable bonds is 5. The van der Waals surface area contributed by atoms with Gasteiger partial charge in [0.1, 0.15) is 0 Å². The number of nitrogens with one attached hydrogen (secondary N) is 1. The molecule has 2 atom stereocenters. The molecule has 2 nitrogen and oxygen atoms in total. The Bertz CT molecular complexity index is 231. The molecule has 0 aliphatic heterocycles. The van der Waals surface area contributed by atoms with Crippen LogP contribution in [0.1, 0.15) is 40.0 Å². The largest absolute Gasteiger partial charge is 0.313 e. The zero-order valence-corrected chi connectivity index (χ0v) is 11.5. The maximum absolute atomic E-state index is 12.5. The van der Waals surface area contributed by atoms with E-state index in [1.807, 2.05) is 11.9 Å². The van der Waals surface area contributed by atoms with E-state index in [1.54, 1.807) is 0 Å². The molecule has 1 rings (SSSR count). The van der Waals surface area contributed by atoms with Gasteiger partial charge >= 0.3 is 0 Å². The molecule has 4 heteroatoms. The van der Waals surface area contributed by atoms with Crippen LogP contribution in [0.15, 0.2) is 0 Å². The van der Waals surface area contributed by atoms with Crippen molar-refractivity contribution in [3.05, 3.63) is 0 Å². The van der Waals surface area contributed by atoms with Crippen LogP contribution in [0.25, 0.3) is 0 Å². The molecule has 0 spiro atoms. The fraction of sp³-hybridized carbons (Fsp3) is 1.00. The Labute approximate surface area is 104 Å². The van der Waals surface area contributed by atoms with E-state index < -0.39 is 6.43 Å². The third-order valence-electron chi connectivity index (χ3n) is 3.82. The van der Waals surface area contributed by atoms with Gasteiger partial charge in [0, 0.05) is 12.1 Å². The highest BCUT2D eigenvalue weighted by Crippen LogP contribution is 2.37. The van der Waals surface area contributed by atoms with Crippen LogP contribution in [0.2, 0.25) is 0 Å². The summed E-state index contributed by atoms with van der Waals surface area (Å²) in [7, 11) is 1.82. The summed E-state index contributed by atoms with van der Waals surface area (Å²) in [5.74, 6) is 0. The highest BCUT2D eigenvalue weighted by molar-refractivity contribution is 4.93. The van der Waals surface area contributed by atoms with Crippen LogP contribution >= 0.6 is 0 Å². The topological polar surface area (TPSA) is 15.3 Å². The van der Waals surface area contributed by atoms with Crippen molar-refractivity contribution in [2.24, 2.45) is 5.41 Å². The molecule has 1 aliphatic rings. The van der Waals surface area contributed by atoms with Gasteiger partial charge in [-0.25, -0.2) is 8.78 Å². The molecule has 102 valence electrons. The van der Waals surface area contributed by atoms with Gasteiger partial charge in [0.05, 0.1) is 6.54 Å². The lowest BCUT2D eigenvalue weighted by Gasteiger charge is -2.45. The zero-order chi connectivity index (χ0) is 13.1. The van der Waals surface area contributed by atoms with E-state index in [0.29, 0.717) is 6.04 Å². The second kappa shape index (κ2) is 6.10. The van der Waals surface area contributed by atoms with E-state index in [2.05, 4.69) is 26.1 Å². The minimum Gasteiger partial charge on any atom is -0.313 e. The van der Waals surface area contributed by atoms with Crippen LogP contribution in [0, 0.1) is 5.41 Å². The number of likely N-dealkylation sites (N-methyl/N-ethyl adjacent to an activating group) is 2. The summed E-state index contributed by atoms with van der Waals surface area (Å²) in [4.78, 5) is 1.83. The van der Waals surface area contributed by atoms with Gasteiger partial charge in [0.2, 0.25) is 0 Å². The van der Waals surface area contributed by atoms with Gasteiger partial charge in [-0.1, -0.05) is 20.8 Å². The Balaban J connectivity index is 2.66. The maximum Gasteiger partial charge on any atom is 0.251 e. The van der Waals surface area contributed by atoms with Gasteiger partial charge in [0.15, 0.2) is 0 Å². The standard InChI is InChI=1S/C13H26F2N2/c1-5-16-10-6-7-13(2,3)8-11(10)17(4)9-12(14)15/h10-12,16H,5-9H2,1-4H3. The highest BCUT2D eigenvalue weighted by Gasteiger charge is 2.36. The lowest BCUT2D eigenvalue weighted by molar-refractivity contribution is 0.0337. The van der Waals surface area contributed by atoms with Crippen molar-refractivity contribution in [1.29, 1.82) is 0 Å². The lowest BCUT2D eigenvalue weighted by atomic mass is 9.72. The van der Waals surface area contributed by atoms with Gasteiger partial charge in [-0.15, -0.1) is 0 Å². The molecule has 1 saturated carbocycles. The molecule has 1 fully saturated rings. The summed E-state index contributed by atoms with van der Waals surface area (Å²) < 4.78 is 25.0. The molecule has 1 aliphatic carbocycles. The van der Waals surface area contributed by atoms with E-state index >= 15 is 0 Å². The van der Waals surface area contributed by atoms with Gasteiger partial charge in [-0.3, -0.25) is 4.90 Å². The molecule has 2 unspecified atom stereocenters. The molecule has 0 aromatic carbocycles. The van der Waals surface area contributed by atoms with Crippen molar-refractivity contribution in [2.45, 2.75) is 58.5 Å². The van der Waals surface area contributed by atoms with Crippen molar-refractivity contribution in [3.63, 3.8) is 0 Å². The van der Waals surface area contributed by atoms with Gasteiger partial charge in [-0.05, 0) is 38.3 Å². The summed E-state index contributed by atoms with van der Waals surface area (Å²) in [6, 6.07) is 0.587. The van der Waals surface area contributed by atoms with Crippen molar-refractivity contribution in [2.75, 3.05) is 20.1 Å². The number of halogens is 2. The van der Waals surface area contributed by atoms with Crippen LogP contribution in [0.5, 0.6) is 0 Å². The van der Waals surface area contributed by atoms with E-state index in [0.717, 1.165) is 19.4 Å². The van der Waals surface area contributed by atoms with Crippen molar-refractivity contribution in [3.8, 4) is 0 Å². The van der Waals surface area contributed by atoms with Gasteiger partial charge < -0.3 is 5.32 Å². The number of hydrogen-bond donors (Lipinski definition) is 1. The smallest absolute Gasteiger partial charge is 0.251 e. The first-order valence-electron chi connectivity index (χ1n) is 6.57. The summed E-state index contributed by atoms with van der Waals surface area (Å²) in [5.41, 5.74) is 0.271. The van der Waals surface area contributed by atoms with E-state index in [9.17, 15) is 8.78 Å². The average molecular weight is 248 g/mol. The Morgan fingerprint density at radius 3 is 2.59 bits per heavy atom. The van der Waals surface area contributed by atoms with Crippen LogP contribution < -0.4 is 5.32 Å². The predicted molar refractivity (Wildman–Crippen MR) is 67.5 cm³/mol. The minimum absolute atomic E-state index is 0.122. The minimum atomic E-state index is -2.24. The van der Waals surface area contributed by atoms with Crippen LogP contribution in [0.3, 0.4) is 0 Å². The molecule has 0 aromatic heterocycles. The summed E-state index contributed by atoms with van der Waals surface area (Å²) >= 11 is 0. The Hall–Kier alpha value is -0.220. The number of hydrogen-bond acceptors (Lipinski definition) is 2. The summed E-state index contributed by atoms with van der Waals surface area (Å²) in [6.45, 7) is 7.33. The lowest BCUT2D eigenvalue weighted by Crippen LogP contribution is -2.54. The van der Waals surface area contributed by atoms with E-state index in [-0.39, 0.29) is 18.0 Å². The van der Waals surface area contributed by atoms with Crippen molar-refractivity contribution < 1.29 is 8.78 Å². The third-order valence-corrected chi connectivity index (χ3v) is 3.82. The Morgan fingerprint density at radius 2 is 2.06 bits per heavy atom. The van der Waals surface area contributed by atoms with Gasteiger partial charge in [-0.2, -0.15) is 0 Å². The SMILES string of the molecule is CCNC1CCC(C)(C)CC1N(C)CC(F)F. The molecule has 17 heavy (non-hydrogen) atoms. The molecule has 0 amide bonds. The van der Waals surface area contributed by atoms with Crippen molar-refractivity contribution in [1.82, 2.24) is 10.2 Å². The van der Waals surface area contributed by atoms with Crippen LogP contribution in [0.4, 0.5) is 8.78 Å². The molecular weight excluding hydrogens is 222 g/mol. The molecular formula is C13H26F2N2. The fourth-order valence-corrected chi connectivity index (χ4v) is 2.87. The van der Waals surface area contributed by atoms with Crippen LogP contribution in [-0.4, -0.2) is 43.5 Å². The first-order chi connectivity index (χ1) is 7.85. The average Bonchev–Trinajstić information content (AvgIpc) is 2.19. The molecule has 1 N–H and O–H groups in total. The van der Waals surface area contributed by atoms with Crippen LogP contribution in [-0.2, 0) is 0 Å². The number of alkyl halides is 2. The predicted octanol–water partition coefficient (Wildman–Crippen LogP) is 2.74. The maximum atomic E-state index is 12.5. The fourth-order valence-electron chi connectivity index (χ4n) is 2.87. The Kier molecular flexibility index (Phi) is 5.32. The third kappa shape index (κ3) is 4.51. The monoisotopic (exact) mass is 248 g/mol. The van der Waals surface area contributed by atoms with Crippen molar-refractivity contribution >= 4 is 0 Å². The molecule has 0 radical (unpaired) electrons. The summed E-state index contributed by atoms with van der Waals surface area (Å²) in [5, 5.41) is 3.44. The second-order valence-electron chi connectivity index (χ2n) is 5.97. The summed E-state index contributed by atoms with van der Waals surface area (Å²) in [6.07, 6.45) is 1.00. The number of nitrogens with zero attached hydrogens (tertiary/aromatic N) is 1. The normalized spacial score (nSPS) is 28.9. The zero-order valence-electron chi connectivity index (χ0n) is 11.5. The molecule has 0 heterocycles. The molecule has 0 saturated heterocycles. The van der Waals surface area contributed by atoms with Gasteiger partial charge in [0.25, 0.3) is 6.43 Å². The first kappa shape index (κ1) is 14.8.